The molecule has 2 unspecified atom stereocenters. The van der Waals surface area contributed by atoms with Crippen LogP contribution < -0.4 is 0 Å². The fourth-order valence-electron chi connectivity index (χ4n) is 1.00. The molecule has 1 aromatic rings. The van der Waals surface area contributed by atoms with Crippen molar-refractivity contribution in [2.75, 3.05) is 0 Å². The summed E-state index contributed by atoms with van der Waals surface area (Å²) < 4.78 is 26.8. The van der Waals surface area contributed by atoms with Crippen molar-refractivity contribution in [3.8, 4) is 0 Å². The third-order valence-corrected chi connectivity index (χ3v) is 5.47. The number of alkyl halides is 3. The Labute approximate surface area is 110 Å². The molecule has 0 nitrogen and oxygen atoms in total. The molecule has 0 saturated carbocycles. The molecule has 0 radical (unpaired) electrons. The van der Waals surface area contributed by atoms with E-state index in [-0.39, 0.29) is 0 Å². The van der Waals surface area contributed by atoms with Gasteiger partial charge in [-0.15, -0.1) is 22.9 Å². The predicted molar refractivity (Wildman–Crippen MR) is 65.4 cm³/mol. The van der Waals surface area contributed by atoms with Crippen molar-refractivity contribution in [1.29, 1.82) is 0 Å². The molecular weight excluding hydrogens is 329 g/mol. The fourth-order valence-corrected chi connectivity index (χ4v) is 3.25. The molecule has 0 aliphatic rings. The van der Waals surface area contributed by atoms with Crippen LogP contribution in [0.5, 0.6) is 0 Å². The Bertz CT molecular complexity index is 329. The van der Waals surface area contributed by atoms with Crippen LogP contribution in [0.4, 0.5) is 8.78 Å². The first-order chi connectivity index (χ1) is 6.73. The van der Waals surface area contributed by atoms with Gasteiger partial charge in [-0.25, -0.2) is 8.78 Å². The van der Waals surface area contributed by atoms with Crippen LogP contribution in [0.3, 0.4) is 0 Å². The van der Waals surface area contributed by atoms with E-state index in [1.807, 2.05) is 0 Å². The molecule has 0 amide bonds. The summed E-state index contributed by atoms with van der Waals surface area (Å²) in [5.74, 6) is -3.73. The Hall–Kier alpha value is 0.620. The van der Waals surface area contributed by atoms with Crippen molar-refractivity contribution < 1.29 is 8.78 Å². The topological polar surface area (TPSA) is 0 Å². The van der Waals surface area contributed by atoms with E-state index in [0.717, 1.165) is 10.7 Å². The molecule has 2 atom stereocenters. The maximum atomic E-state index is 13.0. The molecule has 0 aliphatic carbocycles. The van der Waals surface area contributed by atoms with Gasteiger partial charge >= 0.3 is 0 Å². The summed E-state index contributed by atoms with van der Waals surface area (Å²) in [4.78, 5) is 0.655. The first-order valence-corrected chi connectivity index (χ1v) is 6.62. The van der Waals surface area contributed by atoms with Crippen LogP contribution in [0.25, 0.3) is 0 Å². The van der Waals surface area contributed by atoms with E-state index in [9.17, 15) is 8.78 Å². The van der Waals surface area contributed by atoms with Crippen LogP contribution in [0.1, 0.15) is 24.1 Å². The van der Waals surface area contributed by atoms with Gasteiger partial charge in [0.1, 0.15) is 0 Å². The van der Waals surface area contributed by atoms with E-state index < -0.39 is 17.2 Å². The van der Waals surface area contributed by atoms with Gasteiger partial charge in [0.2, 0.25) is 5.92 Å². The quantitative estimate of drug-likeness (QED) is 0.617. The Morgan fingerprint density at radius 2 is 2.07 bits per heavy atom. The Kier molecular flexibility index (Phi) is 4.43. The standard InChI is InChI=1S/C9H9BrCl2F2S/c1-4(9(2,13)14)7(12)6-3-5(11)8(10)15-6/h3-4,7H,1-2H3. The van der Waals surface area contributed by atoms with Gasteiger partial charge < -0.3 is 0 Å². The minimum atomic E-state index is -2.80. The highest BCUT2D eigenvalue weighted by atomic mass is 79.9. The SMILES string of the molecule is CC(C(Cl)c1cc(Cl)c(Br)s1)C(C)(F)F. The second-order valence-electron chi connectivity index (χ2n) is 3.42. The lowest BCUT2D eigenvalue weighted by Gasteiger charge is -2.23. The van der Waals surface area contributed by atoms with Gasteiger partial charge in [-0.2, -0.15) is 0 Å². The minimum absolute atomic E-state index is 0.507. The molecule has 15 heavy (non-hydrogen) atoms. The lowest BCUT2D eigenvalue weighted by Crippen LogP contribution is -2.24. The van der Waals surface area contributed by atoms with Gasteiger partial charge in [0.05, 0.1) is 14.2 Å². The average Bonchev–Trinajstić information content (AvgIpc) is 2.43. The zero-order valence-corrected chi connectivity index (χ0v) is 11.9. The van der Waals surface area contributed by atoms with Gasteiger partial charge in [0, 0.05) is 10.8 Å². The second kappa shape index (κ2) is 4.86. The summed E-state index contributed by atoms with van der Waals surface area (Å²) in [5, 5.41) is -0.217. The van der Waals surface area contributed by atoms with Crippen LogP contribution in [0.15, 0.2) is 9.85 Å². The third-order valence-electron chi connectivity index (χ3n) is 2.17. The monoisotopic (exact) mass is 336 g/mol. The lowest BCUT2D eigenvalue weighted by atomic mass is 10.00. The highest BCUT2D eigenvalue weighted by Gasteiger charge is 2.37. The van der Waals surface area contributed by atoms with Crippen LogP contribution >= 0.6 is 50.5 Å². The number of hydrogen-bond donors (Lipinski definition) is 0. The number of hydrogen-bond acceptors (Lipinski definition) is 1. The molecule has 0 fully saturated rings. The smallest absolute Gasteiger partial charge is 0.207 e. The maximum absolute atomic E-state index is 13.0. The summed E-state index contributed by atoms with van der Waals surface area (Å²) in [7, 11) is 0. The fraction of sp³-hybridized carbons (Fsp3) is 0.556. The normalized spacial score (nSPS) is 16.5. The van der Waals surface area contributed by atoms with Crippen molar-refractivity contribution >= 4 is 50.5 Å². The summed E-state index contributed by atoms with van der Waals surface area (Å²) in [6.07, 6.45) is 0. The van der Waals surface area contributed by atoms with E-state index in [0.29, 0.717) is 9.90 Å². The van der Waals surface area contributed by atoms with Crippen LogP contribution in [0.2, 0.25) is 5.02 Å². The zero-order valence-electron chi connectivity index (χ0n) is 8.03. The molecule has 0 aromatic carbocycles. The molecule has 0 N–H and O–H groups in total. The second-order valence-corrected chi connectivity index (χ2v) is 6.70. The molecule has 1 heterocycles. The molecule has 0 aliphatic heterocycles. The van der Waals surface area contributed by atoms with Crippen molar-refractivity contribution in [1.82, 2.24) is 0 Å². The third kappa shape index (κ3) is 3.29. The Morgan fingerprint density at radius 1 is 1.53 bits per heavy atom. The van der Waals surface area contributed by atoms with Gasteiger partial charge in [0.25, 0.3) is 0 Å². The molecule has 1 rings (SSSR count). The van der Waals surface area contributed by atoms with E-state index in [2.05, 4.69) is 15.9 Å². The van der Waals surface area contributed by atoms with Gasteiger partial charge in [0.15, 0.2) is 0 Å². The lowest BCUT2D eigenvalue weighted by molar-refractivity contribution is -0.0336. The summed E-state index contributed by atoms with van der Waals surface area (Å²) >= 11 is 16.3. The van der Waals surface area contributed by atoms with Crippen molar-refractivity contribution in [3.63, 3.8) is 0 Å². The number of thiophene rings is 1. The van der Waals surface area contributed by atoms with Gasteiger partial charge in [-0.05, 0) is 28.9 Å². The van der Waals surface area contributed by atoms with E-state index in [1.165, 1.54) is 18.3 Å². The summed E-state index contributed by atoms with van der Waals surface area (Å²) in [6.45, 7) is 2.30. The zero-order chi connectivity index (χ0) is 11.8. The van der Waals surface area contributed by atoms with Gasteiger partial charge in [-0.1, -0.05) is 18.5 Å². The average molecular weight is 338 g/mol. The van der Waals surface area contributed by atoms with E-state index in [4.69, 9.17) is 23.2 Å². The largest absolute Gasteiger partial charge is 0.249 e. The van der Waals surface area contributed by atoms with Crippen LogP contribution in [0, 0.1) is 5.92 Å². The Morgan fingerprint density at radius 3 is 2.40 bits per heavy atom. The van der Waals surface area contributed by atoms with Crippen molar-refractivity contribution in [3.05, 3.63) is 19.8 Å². The first-order valence-electron chi connectivity index (χ1n) is 4.20. The van der Waals surface area contributed by atoms with E-state index >= 15 is 0 Å². The minimum Gasteiger partial charge on any atom is -0.207 e. The van der Waals surface area contributed by atoms with E-state index in [1.54, 1.807) is 6.07 Å². The molecule has 6 heteroatoms. The first kappa shape index (κ1) is 13.7. The highest BCUT2D eigenvalue weighted by Crippen LogP contribution is 2.44. The summed E-state index contributed by atoms with van der Waals surface area (Å²) in [6, 6.07) is 1.62. The number of rotatable bonds is 3. The summed E-state index contributed by atoms with van der Waals surface area (Å²) in [5.41, 5.74) is 0. The van der Waals surface area contributed by atoms with Gasteiger partial charge in [-0.3, -0.25) is 0 Å². The molecule has 1 aromatic heterocycles. The van der Waals surface area contributed by atoms with Crippen LogP contribution in [-0.4, -0.2) is 5.92 Å². The maximum Gasteiger partial charge on any atom is 0.249 e. The molecular formula is C9H9BrCl2F2S. The van der Waals surface area contributed by atoms with Crippen molar-refractivity contribution in [2.45, 2.75) is 25.1 Å². The number of halogens is 5. The predicted octanol–water partition coefficient (Wildman–Crippen LogP) is 5.74. The molecule has 0 bridgehead atoms. The molecule has 0 saturated heterocycles. The highest BCUT2D eigenvalue weighted by molar-refractivity contribution is 9.11. The van der Waals surface area contributed by atoms with Crippen LogP contribution in [-0.2, 0) is 0 Å². The Balaban J connectivity index is 2.90. The molecule has 0 spiro atoms. The molecule has 86 valence electrons. The van der Waals surface area contributed by atoms with Crippen molar-refractivity contribution in [2.24, 2.45) is 5.92 Å².